The van der Waals surface area contributed by atoms with Crippen molar-refractivity contribution in [2.45, 2.75) is 19.5 Å². The fourth-order valence-electron chi connectivity index (χ4n) is 1.38. The van der Waals surface area contributed by atoms with Crippen molar-refractivity contribution in [3.8, 4) is 5.75 Å². The molecule has 0 fully saturated rings. The number of ether oxygens (including phenoxy) is 1. The van der Waals surface area contributed by atoms with E-state index in [0.29, 0.717) is 18.0 Å². The van der Waals surface area contributed by atoms with E-state index in [9.17, 15) is 18.0 Å². The smallest absolute Gasteiger partial charge is 0.401 e. The van der Waals surface area contributed by atoms with E-state index in [1.807, 2.05) is 12.2 Å². The van der Waals surface area contributed by atoms with Gasteiger partial charge in [-0.1, -0.05) is 6.92 Å². The second kappa shape index (κ2) is 7.74. The predicted octanol–water partition coefficient (Wildman–Crippen LogP) is 2.57. The summed E-state index contributed by atoms with van der Waals surface area (Å²) < 4.78 is 41.0. The van der Waals surface area contributed by atoms with Crippen LogP contribution in [-0.2, 0) is 4.79 Å². The zero-order chi connectivity index (χ0) is 15.0. The number of alkyl halides is 3. The van der Waals surface area contributed by atoms with Gasteiger partial charge in [0.2, 0.25) is 5.91 Å². The third-order valence-electron chi connectivity index (χ3n) is 2.22. The fraction of sp³-hybridized carbons (Fsp3) is 0.462. The zero-order valence-corrected chi connectivity index (χ0v) is 11.1. The topological polar surface area (TPSA) is 50.4 Å². The predicted molar refractivity (Wildman–Crippen MR) is 69.8 cm³/mol. The number of carbonyl (C=O) groups is 1. The van der Waals surface area contributed by atoms with Crippen LogP contribution in [0.25, 0.3) is 0 Å². The Balaban J connectivity index is 2.34. The maximum absolute atomic E-state index is 11.9. The number of carbonyl (C=O) groups excluding carboxylic acids is 1. The molecule has 0 aromatic heterocycles. The highest BCUT2D eigenvalue weighted by Crippen LogP contribution is 2.16. The van der Waals surface area contributed by atoms with Gasteiger partial charge in [-0.15, -0.1) is 0 Å². The van der Waals surface area contributed by atoms with E-state index in [0.717, 1.165) is 6.42 Å². The monoisotopic (exact) mass is 290 g/mol. The van der Waals surface area contributed by atoms with Crippen LogP contribution < -0.4 is 15.4 Å². The average Bonchev–Trinajstić information content (AvgIpc) is 2.36. The van der Waals surface area contributed by atoms with Crippen molar-refractivity contribution in [3.63, 3.8) is 0 Å². The number of halogens is 3. The molecule has 0 heterocycles. The molecule has 0 aliphatic carbocycles. The lowest BCUT2D eigenvalue weighted by Gasteiger charge is -2.09. The van der Waals surface area contributed by atoms with Gasteiger partial charge in [-0.25, -0.2) is 0 Å². The maximum Gasteiger partial charge on any atom is 0.401 e. The Morgan fingerprint density at radius 3 is 2.45 bits per heavy atom. The molecule has 1 amide bonds. The van der Waals surface area contributed by atoms with Crippen molar-refractivity contribution in [2.24, 2.45) is 0 Å². The molecule has 4 nitrogen and oxygen atoms in total. The molecule has 0 aliphatic heterocycles. The van der Waals surface area contributed by atoms with Gasteiger partial charge >= 0.3 is 6.18 Å². The van der Waals surface area contributed by atoms with Gasteiger partial charge in [0.15, 0.2) is 0 Å². The normalized spacial score (nSPS) is 11.2. The molecule has 0 saturated heterocycles. The van der Waals surface area contributed by atoms with Crippen LogP contribution in [0, 0.1) is 0 Å². The van der Waals surface area contributed by atoms with Gasteiger partial charge in [-0.2, -0.15) is 13.2 Å². The quantitative estimate of drug-likeness (QED) is 0.811. The average molecular weight is 290 g/mol. The molecular weight excluding hydrogens is 273 g/mol. The van der Waals surface area contributed by atoms with Crippen LogP contribution >= 0.6 is 0 Å². The molecule has 0 bridgehead atoms. The Labute approximate surface area is 115 Å². The Bertz CT molecular complexity index is 419. The highest BCUT2D eigenvalue weighted by molar-refractivity contribution is 5.92. The lowest BCUT2D eigenvalue weighted by molar-refractivity contribution is -0.126. The SMILES string of the molecule is CCCOc1ccc(NC(=O)CNCC(F)(F)F)cc1. The summed E-state index contributed by atoms with van der Waals surface area (Å²) in [6, 6.07) is 6.64. The molecule has 112 valence electrons. The molecule has 0 atom stereocenters. The van der Waals surface area contributed by atoms with Gasteiger partial charge < -0.3 is 15.4 Å². The molecule has 20 heavy (non-hydrogen) atoms. The van der Waals surface area contributed by atoms with E-state index >= 15 is 0 Å². The van der Waals surface area contributed by atoms with E-state index in [1.54, 1.807) is 24.3 Å². The summed E-state index contributed by atoms with van der Waals surface area (Å²) in [4.78, 5) is 11.4. The van der Waals surface area contributed by atoms with Gasteiger partial charge in [0.1, 0.15) is 5.75 Å². The van der Waals surface area contributed by atoms with Crippen molar-refractivity contribution < 1.29 is 22.7 Å². The molecule has 0 aliphatic rings. The largest absolute Gasteiger partial charge is 0.494 e. The number of hydrogen-bond acceptors (Lipinski definition) is 3. The summed E-state index contributed by atoms with van der Waals surface area (Å²) in [7, 11) is 0. The van der Waals surface area contributed by atoms with Crippen molar-refractivity contribution in [1.29, 1.82) is 0 Å². The first-order valence-electron chi connectivity index (χ1n) is 6.21. The number of benzene rings is 1. The number of anilines is 1. The molecule has 0 unspecified atom stereocenters. The molecule has 1 rings (SSSR count). The van der Waals surface area contributed by atoms with Crippen molar-refractivity contribution in [3.05, 3.63) is 24.3 Å². The van der Waals surface area contributed by atoms with Crippen LogP contribution in [-0.4, -0.2) is 31.8 Å². The number of hydrogen-bond donors (Lipinski definition) is 2. The van der Waals surface area contributed by atoms with Gasteiger partial charge in [0, 0.05) is 5.69 Å². The highest BCUT2D eigenvalue weighted by atomic mass is 19.4. The molecule has 0 saturated carbocycles. The minimum atomic E-state index is -4.32. The summed E-state index contributed by atoms with van der Waals surface area (Å²) in [5.74, 6) is 0.150. The van der Waals surface area contributed by atoms with Gasteiger partial charge in [0.25, 0.3) is 0 Å². The summed E-state index contributed by atoms with van der Waals surface area (Å²) >= 11 is 0. The molecule has 2 N–H and O–H groups in total. The molecule has 0 spiro atoms. The van der Waals surface area contributed by atoms with Crippen molar-refractivity contribution in [1.82, 2.24) is 5.32 Å². The molecule has 1 aromatic rings. The number of rotatable bonds is 7. The molecule has 7 heteroatoms. The standard InChI is InChI=1S/C13H17F3N2O2/c1-2-7-20-11-5-3-10(4-6-11)18-12(19)8-17-9-13(14,15)16/h3-6,17H,2,7-9H2,1H3,(H,18,19). The minimum absolute atomic E-state index is 0.395. The van der Waals surface area contributed by atoms with Crippen LogP contribution in [0.2, 0.25) is 0 Å². The van der Waals surface area contributed by atoms with Gasteiger partial charge in [-0.05, 0) is 30.7 Å². The van der Waals surface area contributed by atoms with E-state index in [2.05, 4.69) is 5.32 Å². The molecular formula is C13H17F3N2O2. The Morgan fingerprint density at radius 1 is 1.25 bits per heavy atom. The molecule has 1 aromatic carbocycles. The second-order valence-electron chi connectivity index (χ2n) is 4.14. The molecule has 0 radical (unpaired) electrons. The summed E-state index contributed by atoms with van der Waals surface area (Å²) in [5, 5.41) is 4.51. The first-order valence-corrected chi connectivity index (χ1v) is 6.21. The van der Waals surface area contributed by atoms with Crippen LogP contribution in [0.15, 0.2) is 24.3 Å². The second-order valence-corrected chi connectivity index (χ2v) is 4.14. The van der Waals surface area contributed by atoms with E-state index < -0.39 is 25.2 Å². The van der Waals surface area contributed by atoms with Crippen molar-refractivity contribution >= 4 is 11.6 Å². The Kier molecular flexibility index (Phi) is 6.30. The summed E-state index contributed by atoms with van der Waals surface area (Å²) in [5.41, 5.74) is 0.507. The third-order valence-corrected chi connectivity index (χ3v) is 2.22. The maximum atomic E-state index is 11.9. The Hall–Kier alpha value is -1.76. The van der Waals surface area contributed by atoms with E-state index in [4.69, 9.17) is 4.74 Å². The Morgan fingerprint density at radius 2 is 1.90 bits per heavy atom. The lowest BCUT2D eigenvalue weighted by atomic mass is 10.3. The summed E-state index contributed by atoms with van der Waals surface area (Å²) in [6.45, 7) is 1.01. The first-order chi connectivity index (χ1) is 9.40. The van der Waals surface area contributed by atoms with Crippen LogP contribution in [0.3, 0.4) is 0 Å². The third kappa shape index (κ3) is 6.98. The fourth-order valence-corrected chi connectivity index (χ4v) is 1.38. The highest BCUT2D eigenvalue weighted by Gasteiger charge is 2.26. The van der Waals surface area contributed by atoms with Gasteiger partial charge in [-0.3, -0.25) is 4.79 Å². The van der Waals surface area contributed by atoms with Crippen LogP contribution in [0.4, 0.5) is 18.9 Å². The van der Waals surface area contributed by atoms with Gasteiger partial charge in [0.05, 0.1) is 19.7 Å². The zero-order valence-electron chi connectivity index (χ0n) is 11.1. The lowest BCUT2D eigenvalue weighted by Crippen LogP contribution is -2.35. The minimum Gasteiger partial charge on any atom is -0.494 e. The number of nitrogens with one attached hydrogen (secondary N) is 2. The van der Waals surface area contributed by atoms with Crippen LogP contribution in [0.5, 0.6) is 5.75 Å². The van der Waals surface area contributed by atoms with E-state index in [1.165, 1.54) is 0 Å². The van der Waals surface area contributed by atoms with E-state index in [-0.39, 0.29) is 0 Å². The first kappa shape index (κ1) is 16.3. The number of amides is 1. The van der Waals surface area contributed by atoms with Crippen molar-refractivity contribution in [2.75, 3.05) is 25.0 Å². The van der Waals surface area contributed by atoms with Crippen LogP contribution in [0.1, 0.15) is 13.3 Å². The summed E-state index contributed by atoms with van der Waals surface area (Å²) in [6.07, 6.45) is -3.43.